The fourth-order valence-corrected chi connectivity index (χ4v) is 2.15. The van der Waals surface area contributed by atoms with Crippen LogP contribution in [0, 0.1) is 6.92 Å². The van der Waals surface area contributed by atoms with E-state index in [4.69, 9.17) is 0 Å². The van der Waals surface area contributed by atoms with E-state index in [0.29, 0.717) is 6.54 Å². The molecule has 0 unspecified atom stereocenters. The van der Waals surface area contributed by atoms with E-state index in [1.54, 1.807) is 16.8 Å². The second-order valence-electron chi connectivity index (χ2n) is 3.75. The maximum atomic E-state index is 11.7. The predicted molar refractivity (Wildman–Crippen MR) is 68.6 cm³/mol. The standard InChI is InChI=1S/C11H14N4OS/c1-3-12-11-9(13-14-17-11)7-15-5-4-8(2)6-10(15)16/h4-6,12H,3,7H2,1-2H3. The summed E-state index contributed by atoms with van der Waals surface area (Å²) in [4.78, 5) is 11.7. The van der Waals surface area contributed by atoms with Gasteiger partial charge in [0.1, 0.15) is 10.7 Å². The number of pyridine rings is 1. The van der Waals surface area contributed by atoms with Crippen LogP contribution in [0.4, 0.5) is 5.00 Å². The van der Waals surface area contributed by atoms with Crippen LogP contribution in [0.15, 0.2) is 23.1 Å². The summed E-state index contributed by atoms with van der Waals surface area (Å²) in [5.74, 6) is 0. The van der Waals surface area contributed by atoms with E-state index in [0.717, 1.165) is 22.8 Å². The third-order valence-corrected chi connectivity index (χ3v) is 3.09. The quantitative estimate of drug-likeness (QED) is 0.893. The van der Waals surface area contributed by atoms with E-state index in [-0.39, 0.29) is 5.56 Å². The lowest BCUT2D eigenvalue weighted by molar-refractivity contribution is 0.734. The molecule has 0 saturated carbocycles. The van der Waals surface area contributed by atoms with Crippen LogP contribution < -0.4 is 10.9 Å². The van der Waals surface area contributed by atoms with Gasteiger partial charge in [0, 0.05) is 30.3 Å². The van der Waals surface area contributed by atoms with Crippen LogP contribution in [0.25, 0.3) is 0 Å². The number of nitrogens with one attached hydrogen (secondary N) is 1. The van der Waals surface area contributed by atoms with Crippen LogP contribution in [0.3, 0.4) is 0 Å². The molecule has 0 fully saturated rings. The highest BCUT2D eigenvalue weighted by atomic mass is 32.1. The van der Waals surface area contributed by atoms with Gasteiger partial charge in [0.2, 0.25) is 0 Å². The summed E-state index contributed by atoms with van der Waals surface area (Å²) >= 11 is 1.31. The molecule has 2 heterocycles. The van der Waals surface area contributed by atoms with Crippen molar-refractivity contribution in [3.63, 3.8) is 0 Å². The van der Waals surface area contributed by atoms with Crippen molar-refractivity contribution in [2.24, 2.45) is 0 Å². The van der Waals surface area contributed by atoms with E-state index >= 15 is 0 Å². The van der Waals surface area contributed by atoms with Gasteiger partial charge in [0.15, 0.2) is 0 Å². The molecule has 0 bridgehead atoms. The smallest absolute Gasteiger partial charge is 0.251 e. The first-order chi connectivity index (χ1) is 8.20. The van der Waals surface area contributed by atoms with Gasteiger partial charge < -0.3 is 9.88 Å². The third kappa shape index (κ3) is 2.71. The third-order valence-electron chi connectivity index (χ3n) is 2.36. The van der Waals surface area contributed by atoms with E-state index in [1.165, 1.54) is 11.5 Å². The van der Waals surface area contributed by atoms with Crippen LogP contribution in [0.1, 0.15) is 18.2 Å². The van der Waals surface area contributed by atoms with Crippen LogP contribution >= 0.6 is 11.5 Å². The lowest BCUT2D eigenvalue weighted by Crippen LogP contribution is -2.20. The molecule has 1 N–H and O–H groups in total. The lowest BCUT2D eigenvalue weighted by Gasteiger charge is -2.05. The van der Waals surface area contributed by atoms with Crippen LogP contribution in [-0.2, 0) is 6.54 Å². The summed E-state index contributed by atoms with van der Waals surface area (Å²) in [6.07, 6.45) is 1.78. The molecule has 90 valence electrons. The minimum Gasteiger partial charge on any atom is -0.374 e. The predicted octanol–water partition coefficient (Wildman–Crippen LogP) is 1.49. The van der Waals surface area contributed by atoms with E-state index in [1.807, 2.05) is 19.9 Å². The average Bonchev–Trinajstić information content (AvgIpc) is 2.71. The first-order valence-electron chi connectivity index (χ1n) is 5.43. The molecule has 0 spiro atoms. The maximum absolute atomic E-state index is 11.7. The van der Waals surface area contributed by atoms with Crippen molar-refractivity contribution < 1.29 is 0 Å². The van der Waals surface area contributed by atoms with Crippen LogP contribution in [0.5, 0.6) is 0 Å². The van der Waals surface area contributed by atoms with E-state index in [2.05, 4.69) is 14.9 Å². The Morgan fingerprint density at radius 3 is 3.06 bits per heavy atom. The van der Waals surface area contributed by atoms with Gasteiger partial charge in [-0.15, -0.1) is 5.10 Å². The highest BCUT2D eigenvalue weighted by molar-refractivity contribution is 7.10. The molecule has 0 atom stereocenters. The summed E-state index contributed by atoms with van der Waals surface area (Å²) in [6, 6.07) is 3.53. The summed E-state index contributed by atoms with van der Waals surface area (Å²) in [5, 5.41) is 8.16. The van der Waals surface area contributed by atoms with Crippen molar-refractivity contribution in [2.45, 2.75) is 20.4 Å². The van der Waals surface area contributed by atoms with Crippen molar-refractivity contribution in [1.82, 2.24) is 14.2 Å². The minimum absolute atomic E-state index is 0.0135. The Morgan fingerprint density at radius 1 is 1.53 bits per heavy atom. The monoisotopic (exact) mass is 250 g/mol. The van der Waals surface area contributed by atoms with Gasteiger partial charge >= 0.3 is 0 Å². The molecule has 0 aliphatic rings. The molecule has 2 aromatic heterocycles. The zero-order valence-electron chi connectivity index (χ0n) is 9.80. The summed E-state index contributed by atoms with van der Waals surface area (Å²) < 4.78 is 5.53. The van der Waals surface area contributed by atoms with Gasteiger partial charge in [-0.2, -0.15) is 0 Å². The SMILES string of the molecule is CCNc1snnc1Cn1ccc(C)cc1=O. The summed E-state index contributed by atoms with van der Waals surface area (Å²) in [7, 11) is 0. The van der Waals surface area contributed by atoms with Gasteiger partial charge in [-0.25, -0.2) is 0 Å². The first kappa shape index (κ1) is 11.8. The molecular weight excluding hydrogens is 236 g/mol. The molecule has 5 nitrogen and oxygen atoms in total. The number of hydrogen-bond donors (Lipinski definition) is 1. The normalized spacial score (nSPS) is 10.5. The molecule has 0 amide bonds. The van der Waals surface area contributed by atoms with Crippen molar-refractivity contribution in [2.75, 3.05) is 11.9 Å². The van der Waals surface area contributed by atoms with Gasteiger partial charge in [-0.1, -0.05) is 4.49 Å². The molecule has 0 aliphatic carbocycles. The van der Waals surface area contributed by atoms with Crippen LogP contribution in [-0.4, -0.2) is 20.7 Å². The molecule has 0 aliphatic heterocycles. The molecular formula is C11H14N4OS. The largest absolute Gasteiger partial charge is 0.374 e. The minimum atomic E-state index is -0.0135. The van der Waals surface area contributed by atoms with Crippen molar-refractivity contribution in [3.05, 3.63) is 39.9 Å². The number of rotatable bonds is 4. The number of aryl methyl sites for hydroxylation is 1. The zero-order chi connectivity index (χ0) is 12.3. The highest BCUT2D eigenvalue weighted by Gasteiger charge is 2.08. The first-order valence-corrected chi connectivity index (χ1v) is 6.20. The molecule has 2 rings (SSSR count). The number of hydrogen-bond acceptors (Lipinski definition) is 5. The van der Waals surface area contributed by atoms with Gasteiger partial charge in [0.05, 0.1) is 6.54 Å². The van der Waals surface area contributed by atoms with Gasteiger partial charge in [-0.05, 0) is 25.5 Å². The fraction of sp³-hybridized carbons (Fsp3) is 0.364. The topological polar surface area (TPSA) is 59.8 Å². The Bertz CT molecular complexity index is 561. The molecule has 6 heteroatoms. The number of nitrogens with zero attached hydrogens (tertiary/aromatic N) is 3. The molecule has 0 aromatic carbocycles. The number of anilines is 1. The van der Waals surface area contributed by atoms with Gasteiger partial charge in [-0.3, -0.25) is 4.79 Å². The van der Waals surface area contributed by atoms with E-state index < -0.39 is 0 Å². The molecule has 0 saturated heterocycles. The molecule has 2 aromatic rings. The van der Waals surface area contributed by atoms with Crippen molar-refractivity contribution >= 4 is 16.5 Å². The van der Waals surface area contributed by atoms with Crippen LogP contribution in [0.2, 0.25) is 0 Å². The molecule has 0 radical (unpaired) electrons. The average molecular weight is 250 g/mol. The Kier molecular flexibility index (Phi) is 3.53. The van der Waals surface area contributed by atoms with E-state index in [9.17, 15) is 4.79 Å². The number of aromatic nitrogens is 3. The lowest BCUT2D eigenvalue weighted by atomic mass is 10.3. The highest BCUT2D eigenvalue weighted by Crippen LogP contribution is 2.17. The Labute approximate surface area is 103 Å². The summed E-state index contributed by atoms with van der Waals surface area (Å²) in [5.41, 5.74) is 1.76. The molecule has 17 heavy (non-hydrogen) atoms. The second-order valence-corrected chi connectivity index (χ2v) is 4.50. The van der Waals surface area contributed by atoms with Crippen molar-refractivity contribution in [3.8, 4) is 0 Å². The Balaban J connectivity index is 2.25. The Hall–Kier alpha value is -1.69. The summed E-state index contributed by atoms with van der Waals surface area (Å²) in [6.45, 7) is 5.19. The van der Waals surface area contributed by atoms with Gasteiger partial charge in [0.25, 0.3) is 5.56 Å². The van der Waals surface area contributed by atoms with Crippen molar-refractivity contribution in [1.29, 1.82) is 0 Å². The second kappa shape index (κ2) is 5.09. The Morgan fingerprint density at radius 2 is 2.35 bits per heavy atom. The maximum Gasteiger partial charge on any atom is 0.251 e. The zero-order valence-corrected chi connectivity index (χ0v) is 10.6. The fourth-order valence-electron chi connectivity index (χ4n) is 1.51.